The normalized spacial score (nSPS) is 12.1. The molecule has 1 unspecified atom stereocenters. The van der Waals surface area contributed by atoms with Crippen molar-refractivity contribution in [3.8, 4) is 0 Å². The molecule has 6 heteroatoms. The van der Waals surface area contributed by atoms with Gasteiger partial charge in [0.15, 0.2) is 0 Å². The maximum absolute atomic E-state index is 10.8. The minimum atomic E-state index is -0.915. The third-order valence-corrected chi connectivity index (χ3v) is 2.74. The standard InChI is InChI=1S/C11H12ClNO4/c1-7(2-5-11(14)15)9-6-8(12)3-4-10(9)13(16)17/h3-4,6-7H,2,5H2,1H3,(H,14,15). The number of carboxylic acid groups (broad SMARTS) is 1. The Balaban J connectivity index is 2.97. The lowest BCUT2D eigenvalue weighted by Crippen LogP contribution is -2.03. The summed E-state index contributed by atoms with van der Waals surface area (Å²) in [5.74, 6) is -1.13. The number of carbonyl (C=O) groups is 1. The highest BCUT2D eigenvalue weighted by molar-refractivity contribution is 6.30. The van der Waals surface area contributed by atoms with Crippen LogP contribution in [-0.4, -0.2) is 16.0 Å². The van der Waals surface area contributed by atoms with Crippen LogP contribution in [0.1, 0.15) is 31.2 Å². The van der Waals surface area contributed by atoms with Gasteiger partial charge in [-0.3, -0.25) is 14.9 Å². The summed E-state index contributed by atoms with van der Waals surface area (Å²) in [5, 5.41) is 19.8. The summed E-state index contributed by atoms with van der Waals surface area (Å²) in [6, 6.07) is 4.31. The topological polar surface area (TPSA) is 80.4 Å². The summed E-state index contributed by atoms with van der Waals surface area (Å²) < 4.78 is 0. The van der Waals surface area contributed by atoms with Gasteiger partial charge in [-0.25, -0.2) is 0 Å². The molecule has 1 N–H and O–H groups in total. The molecule has 17 heavy (non-hydrogen) atoms. The molecule has 0 bridgehead atoms. The first-order valence-corrected chi connectivity index (χ1v) is 5.45. The van der Waals surface area contributed by atoms with Crippen molar-refractivity contribution >= 4 is 23.3 Å². The molecule has 1 aromatic rings. The summed E-state index contributed by atoms with van der Waals surface area (Å²) >= 11 is 5.79. The fourth-order valence-corrected chi connectivity index (χ4v) is 1.76. The van der Waals surface area contributed by atoms with E-state index in [4.69, 9.17) is 16.7 Å². The second kappa shape index (κ2) is 5.63. The largest absolute Gasteiger partial charge is 0.481 e. The second-order valence-electron chi connectivity index (χ2n) is 3.79. The Bertz CT molecular complexity index is 447. The summed E-state index contributed by atoms with van der Waals surface area (Å²) in [4.78, 5) is 20.8. The van der Waals surface area contributed by atoms with Crippen molar-refractivity contribution in [3.63, 3.8) is 0 Å². The van der Waals surface area contributed by atoms with E-state index >= 15 is 0 Å². The van der Waals surface area contributed by atoms with Crippen molar-refractivity contribution in [2.24, 2.45) is 0 Å². The number of nitro benzene ring substituents is 1. The van der Waals surface area contributed by atoms with Gasteiger partial charge in [0.05, 0.1) is 4.92 Å². The first kappa shape index (κ1) is 13.4. The van der Waals surface area contributed by atoms with Crippen LogP contribution < -0.4 is 0 Å². The molecule has 0 aliphatic rings. The van der Waals surface area contributed by atoms with Crippen molar-refractivity contribution in [1.82, 2.24) is 0 Å². The number of nitrogens with zero attached hydrogens (tertiary/aromatic N) is 1. The quantitative estimate of drug-likeness (QED) is 0.649. The van der Waals surface area contributed by atoms with Crippen molar-refractivity contribution in [2.75, 3.05) is 0 Å². The van der Waals surface area contributed by atoms with Gasteiger partial charge in [-0.1, -0.05) is 18.5 Å². The second-order valence-corrected chi connectivity index (χ2v) is 4.23. The molecule has 0 spiro atoms. The van der Waals surface area contributed by atoms with Crippen molar-refractivity contribution in [2.45, 2.75) is 25.7 Å². The SMILES string of the molecule is CC(CCC(=O)O)c1cc(Cl)ccc1[N+](=O)[O-]. The molecule has 0 fully saturated rings. The van der Waals surface area contributed by atoms with Gasteiger partial charge < -0.3 is 5.11 Å². The molecule has 1 atom stereocenters. The molecular formula is C11H12ClNO4. The minimum Gasteiger partial charge on any atom is -0.481 e. The van der Waals surface area contributed by atoms with Crippen LogP contribution in [0.25, 0.3) is 0 Å². The number of rotatable bonds is 5. The zero-order chi connectivity index (χ0) is 13.0. The van der Waals surface area contributed by atoms with E-state index in [2.05, 4.69) is 0 Å². The lowest BCUT2D eigenvalue weighted by Gasteiger charge is -2.11. The Hall–Kier alpha value is -1.62. The molecule has 0 aliphatic heterocycles. The zero-order valence-electron chi connectivity index (χ0n) is 9.22. The van der Waals surface area contributed by atoms with Crippen molar-refractivity contribution < 1.29 is 14.8 Å². The highest BCUT2D eigenvalue weighted by atomic mass is 35.5. The molecular weight excluding hydrogens is 246 g/mol. The number of halogens is 1. The first-order valence-electron chi connectivity index (χ1n) is 5.07. The third-order valence-electron chi connectivity index (χ3n) is 2.51. The summed E-state index contributed by atoms with van der Waals surface area (Å²) in [7, 11) is 0. The number of carboxylic acids is 1. The monoisotopic (exact) mass is 257 g/mol. The van der Waals surface area contributed by atoms with Crippen LogP contribution in [0.15, 0.2) is 18.2 Å². The van der Waals surface area contributed by atoms with Crippen molar-refractivity contribution in [3.05, 3.63) is 38.9 Å². The van der Waals surface area contributed by atoms with Gasteiger partial charge in [0.2, 0.25) is 0 Å². The van der Waals surface area contributed by atoms with Crippen LogP contribution in [0, 0.1) is 10.1 Å². The lowest BCUT2D eigenvalue weighted by molar-refractivity contribution is -0.385. The van der Waals surface area contributed by atoms with Crippen LogP contribution in [-0.2, 0) is 4.79 Å². The van der Waals surface area contributed by atoms with Crippen LogP contribution in [0.4, 0.5) is 5.69 Å². The van der Waals surface area contributed by atoms with Gasteiger partial charge in [-0.05, 0) is 24.5 Å². The molecule has 0 amide bonds. The van der Waals surface area contributed by atoms with Crippen LogP contribution in [0.5, 0.6) is 0 Å². The van der Waals surface area contributed by atoms with Gasteiger partial charge in [-0.15, -0.1) is 0 Å². The number of aliphatic carboxylic acids is 1. The molecule has 0 saturated heterocycles. The number of hydrogen-bond donors (Lipinski definition) is 1. The fourth-order valence-electron chi connectivity index (χ4n) is 1.58. The minimum absolute atomic E-state index is 0.0210. The lowest BCUT2D eigenvalue weighted by atomic mass is 9.95. The Labute approximate surface area is 103 Å². The molecule has 0 aromatic heterocycles. The Morgan fingerprint density at radius 2 is 2.24 bits per heavy atom. The zero-order valence-corrected chi connectivity index (χ0v) is 9.98. The van der Waals surface area contributed by atoms with E-state index in [0.29, 0.717) is 17.0 Å². The molecule has 1 rings (SSSR count). The highest BCUT2D eigenvalue weighted by Gasteiger charge is 2.19. The fraction of sp³-hybridized carbons (Fsp3) is 0.364. The number of nitro groups is 1. The van der Waals surface area contributed by atoms with E-state index in [1.807, 2.05) is 0 Å². The van der Waals surface area contributed by atoms with Gasteiger partial charge >= 0.3 is 5.97 Å². The predicted octanol–water partition coefficient (Wildman–Crippen LogP) is 3.22. The van der Waals surface area contributed by atoms with Gasteiger partial charge in [0.25, 0.3) is 5.69 Å². The summed E-state index contributed by atoms with van der Waals surface area (Å²) in [5.41, 5.74) is 0.455. The van der Waals surface area contributed by atoms with E-state index in [9.17, 15) is 14.9 Å². The third kappa shape index (κ3) is 3.71. The Kier molecular flexibility index (Phi) is 4.45. The summed E-state index contributed by atoms with van der Waals surface area (Å²) in [6.07, 6.45) is 0.321. The maximum Gasteiger partial charge on any atom is 0.303 e. The Morgan fingerprint density at radius 1 is 1.59 bits per heavy atom. The molecule has 0 saturated carbocycles. The Morgan fingerprint density at radius 3 is 2.76 bits per heavy atom. The maximum atomic E-state index is 10.8. The van der Waals surface area contributed by atoms with E-state index < -0.39 is 10.9 Å². The average Bonchev–Trinajstić information content (AvgIpc) is 2.25. The van der Waals surface area contributed by atoms with E-state index in [1.165, 1.54) is 18.2 Å². The van der Waals surface area contributed by atoms with Gasteiger partial charge in [0.1, 0.15) is 0 Å². The molecule has 0 radical (unpaired) electrons. The van der Waals surface area contributed by atoms with E-state index in [0.717, 1.165) is 0 Å². The van der Waals surface area contributed by atoms with Crippen molar-refractivity contribution in [1.29, 1.82) is 0 Å². The average molecular weight is 258 g/mol. The van der Waals surface area contributed by atoms with Gasteiger partial charge in [-0.2, -0.15) is 0 Å². The van der Waals surface area contributed by atoms with Gasteiger partial charge in [0, 0.05) is 23.1 Å². The number of hydrogen-bond acceptors (Lipinski definition) is 3. The van der Waals surface area contributed by atoms with Crippen LogP contribution in [0.3, 0.4) is 0 Å². The molecule has 0 aliphatic carbocycles. The van der Waals surface area contributed by atoms with Crippen LogP contribution >= 0.6 is 11.6 Å². The first-order chi connectivity index (χ1) is 7.91. The van der Waals surface area contributed by atoms with E-state index in [-0.39, 0.29) is 18.0 Å². The van der Waals surface area contributed by atoms with Crippen LogP contribution in [0.2, 0.25) is 5.02 Å². The van der Waals surface area contributed by atoms with E-state index in [1.54, 1.807) is 6.92 Å². The summed E-state index contributed by atoms with van der Waals surface area (Å²) in [6.45, 7) is 1.75. The molecule has 1 aromatic carbocycles. The molecule has 0 heterocycles. The number of benzene rings is 1. The predicted molar refractivity (Wildman–Crippen MR) is 63.4 cm³/mol. The highest BCUT2D eigenvalue weighted by Crippen LogP contribution is 2.31. The molecule has 5 nitrogen and oxygen atoms in total. The smallest absolute Gasteiger partial charge is 0.303 e. The molecule has 92 valence electrons.